The number of nitrogens with zero attached hydrogens (tertiary/aromatic N) is 9. The van der Waals surface area contributed by atoms with E-state index in [2.05, 4.69) is 30.4 Å². The smallest absolute Gasteiger partial charge is 0.191 e. The highest BCUT2D eigenvalue weighted by atomic mass is 15.4. The monoisotopic (exact) mass is 429 g/mol. The molecule has 0 atom stereocenters. The SMILES string of the molecule is c1ccc2c(c1)ncn2-c1nnnc(-n2cnc3ccccc32)c1-n1cnc2ccccc21. The Kier molecular flexibility index (Phi) is 3.65. The highest BCUT2D eigenvalue weighted by molar-refractivity contribution is 5.83. The molecule has 0 aliphatic carbocycles. The largest absolute Gasteiger partial charge is 0.292 e. The Bertz CT molecular complexity index is 1700. The lowest BCUT2D eigenvalue weighted by Crippen LogP contribution is -2.13. The molecule has 7 aromatic rings. The molecule has 9 nitrogen and oxygen atoms in total. The van der Waals surface area contributed by atoms with Crippen LogP contribution in [-0.4, -0.2) is 44.1 Å². The lowest BCUT2D eigenvalue weighted by molar-refractivity contribution is 0.778. The molecule has 0 amide bonds. The fraction of sp³-hybridized carbons (Fsp3) is 0. The van der Waals surface area contributed by atoms with Crippen LogP contribution in [0.5, 0.6) is 0 Å². The molecule has 0 spiro atoms. The summed E-state index contributed by atoms with van der Waals surface area (Å²) in [5.74, 6) is 1.18. The standard InChI is InChI=1S/C24H15N9/c1-4-10-19-16(7-1)25-13-31(19)22-23(32-14-26-17-8-2-5-11-20(17)32)28-30-29-24(22)33-15-27-18-9-3-6-12-21(18)33/h1-15H. The quantitative estimate of drug-likeness (QED) is 0.423. The maximum absolute atomic E-state index is 4.60. The van der Waals surface area contributed by atoms with Crippen LogP contribution in [0, 0.1) is 0 Å². The highest BCUT2D eigenvalue weighted by Crippen LogP contribution is 2.30. The number of benzene rings is 3. The first-order valence-corrected chi connectivity index (χ1v) is 10.4. The van der Waals surface area contributed by atoms with Crippen LogP contribution in [0.15, 0.2) is 91.8 Å². The summed E-state index contributed by atoms with van der Waals surface area (Å²) in [6.07, 6.45) is 5.30. The second-order valence-electron chi connectivity index (χ2n) is 7.60. The second-order valence-corrected chi connectivity index (χ2v) is 7.60. The molecule has 7 rings (SSSR count). The molecule has 4 aromatic heterocycles. The normalized spacial score (nSPS) is 11.6. The van der Waals surface area contributed by atoms with Crippen LogP contribution in [0.3, 0.4) is 0 Å². The molecule has 4 heterocycles. The van der Waals surface area contributed by atoms with Gasteiger partial charge in [0.25, 0.3) is 0 Å². The van der Waals surface area contributed by atoms with E-state index in [0.29, 0.717) is 11.6 Å². The molecular weight excluding hydrogens is 414 g/mol. The molecule has 0 saturated heterocycles. The number of imidazole rings is 3. The van der Waals surface area contributed by atoms with E-state index in [4.69, 9.17) is 0 Å². The zero-order chi connectivity index (χ0) is 21.8. The first kappa shape index (κ1) is 17.7. The van der Waals surface area contributed by atoms with Gasteiger partial charge in [-0.1, -0.05) is 36.4 Å². The summed E-state index contributed by atoms with van der Waals surface area (Å²) in [4.78, 5) is 13.7. The summed E-state index contributed by atoms with van der Waals surface area (Å²) in [6.45, 7) is 0. The number of para-hydroxylation sites is 6. The summed E-state index contributed by atoms with van der Waals surface area (Å²) in [7, 11) is 0. The lowest BCUT2D eigenvalue weighted by atomic mass is 10.3. The van der Waals surface area contributed by atoms with E-state index in [9.17, 15) is 0 Å². The van der Waals surface area contributed by atoms with E-state index in [0.717, 1.165) is 38.8 Å². The molecule has 0 saturated carbocycles. The van der Waals surface area contributed by atoms with Crippen LogP contribution in [0.2, 0.25) is 0 Å². The summed E-state index contributed by atoms with van der Waals surface area (Å²) < 4.78 is 5.85. The first-order valence-electron chi connectivity index (χ1n) is 10.4. The van der Waals surface area contributed by atoms with Crippen LogP contribution in [0.25, 0.3) is 50.4 Å². The predicted octanol–water partition coefficient (Wildman–Crippen LogP) is 3.89. The number of aromatic nitrogens is 9. The number of rotatable bonds is 3. The Labute approximate surface area is 186 Å². The average Bonchev–Trinajstić information content (AvgIpc) is 3.60. The molecule has 9 heteroatoms. The Balaban J connectivity index is 1.61. The summed E-state index contributed by atoms with van der Waals surface area (Å²) >= 11 is 0. The van der Waals surface area contributed by atoms with E-state index in [-0.39, 0.29) is 0 Å². The number of fused-ring (bicyclic) bond motifs is 3. The molecule has 0 radical (unpaired) electrons. The molecule has 156 valence electrons. The third-order valence-corrected chi connectivity index (χ3v) is 5.76. The van der Waals surface area contributed by atoms with Crippen LogP contribution >= 0.6 is 0 Å². The van der Waals surface area contributed by atoms with Crippen molar-refractivity contribution in [2.24, 2.45) is 0 Å². The minimum Gasteiger partial charge on any atom is -0.292 e. The lowest BCUT2D eigenvalue weighted by Gasteiger charge is -2.15. The molecular formula is C24H15N9. The topological polar surface area (TPSA) is 92.1 Å². The van der Waals surface area contributed by atoms with Gasteiger partial charge in [-0.15, -0.1) is 10.2 Å². The van der Waals surface area contributed by atoms with Crippen molar-refractivity contribution in [2.45, 2.75) is 0 Å². The summed E-state index contributed by atoms with van der Waals surface area (Å²) in [5, 5.41) is 13.1. The van der Waals surface area contributed by atoms with Gasteiger partial charge >= 0.3 is 0 Å². The van der Waals surface area contributed by atoms with E-state index in [1.165, 1.54) is 0 Å². The number of hydrogen-bond donors (Lipinski definition) is 0. The Morgan fingerprint density at radius 1 is 0.455 bits per heavy atom. The fourth-order valence-electron chi connectivity index (χ4n) is 4.24. The molecule has 0 N–H and O–H groups in total. The third-order valence-electron chi connectivity index (χ3n) is 5.76. The molecule has 33 heavy (non-hydrogen) atoms. The van der Waals surface area contributed by atoms with Crippen LogP contribution < -0.4 is 0 Å². The Hall–Kier alpha value is -4.92. The Morgan fingerprint density at radius 3 is 1.33 bits per heavy atom. The van der Waals surface area contributed by atoms with Gasteiger partial charge in [0.15, 0.2) is 11.6 Å². The van der Waals surface area contributed by atoms with E-state index >= 15 is 0 Å². The van der Waals surface area contributed by atoms with Gasteiger partial charge in [-0.2, -0.15) is 0 Å². The van der Waals surface area contributed by atoms with Gasteiger partial charge in [0.2, 0.25) is 0 Å². The zero-order valence-corrected chi connectivity index (χ0v) is 17.2. The van der Waals surface area contributed by atoms with Gasteiger partial charge in [-0.25, -0.2) is 15.0 Å². The molecule has 0 fully saturated rings. The van der Waals surface area contributed by atoms with Gasteiger partial charge in [-0.05, 0) is 41.6 Å². The van der Waals surface area contributed by atoms with Crippen LogP contribution in [0.1, 0.15) is 0 Å². The molecule has 0 unspecified atom stereocenters. The average molecular weight is 429 g/mol. The van der Waals surface area contributed by atoms with Gasteiger partial charge in [0.1, 0.15) is 24.7 Å². The van der Waals surface area contributed by atoms with Crippen molar-refractivity contribution in [3.8, 4) is 17.3 Å². The first-order chi connectivity index (χ1) is 16.4. The maximum Gasteiger partial charge on any atom is 0.191 e. The van der Waals surface area contributed by atoms with Gasteiger partial charge < -0.3 is 0 Å². The van der Waals surface area contributed by atoms with Crippen molar-refractivity contribution in [1.29, 1.82) is 0 Å². The summed E-state index contributed by atoms with van der Waals surface area (Å²) in [6, 6.07) is 23.8. The minimum absolute atomic E-state index is 0.592. The number of hydrogen-bond acceptors (Lipinski definition) is 6. The second kappa shape index (κ2) is 6.79. The van der Waals surface area contributed by atoms with Gasteiger partial charge in [-0.3, -0.25) is 13.7 Å². The highest BCUT2D eigenvalue weighted by Gasteiger charge is 2.22. The van der Waals surface area contributed by atoms with Gasteiger partial charge in [0, 0.05) is 0 Å². The fourth-order valence-corrected chi connectivity index (χ4v) is 4.24. The molecule has 0 aliphatic rings. The van der Waals surface area contributed by atoms with Crippen molar-refractivity contribution in [3.05, 3.63) is 91.8 Å². The van der Waals surface area contributed by atoms with Crippen molar-refractivity contribution >= 4 is 33.1 Å². The van der Waals surface area contributed by atoms with Crippen molar-refractivity contribution < 1.29 is 0 Å². The van der Waals surface area contributed by atoms with Crippen molar-refractivity contribution in [2.75, 3.05) is 0 Å². The minimum atomic E-state index is 0.592. The summed E-state index contributed by atoms with van der Waals surface area (Å²) in [5.41, 5.74) is 6.11. The van der Waals surface area contributed by atoms with Crippen LogP contribution in [0.4, 0.5) is 0 Å². The zero-order valence-electron chi connectivity index (χ0n) is 17.2. The molecule has 0 aliphatic heterocycles. The van der Waals surface area contributed by atoms with Gasteiger partial charge in [0.05, 0.1) is 33.1 Å². The molecule has 0 bridgehead atoms. The predicted molar refractivity (Wildman–Crippen MR) is 124 cm³/mol. The van der Waals surface area contributed by atoms with E-state index in [1.54, 1.807) is 19.0 Å². The van der Waals surface area contributed by atoms with E-state index in [1.807, 2.05) is 86.5 Å². The Morgan fingerprint density at radius 2 is 0.848 bits per heavy atom. The van der Waals surface area contributed by atoms with E-state index < -0.39 is 0 Å². The van der Waals surface area contributed by atoms with Crippen LogP contribution in [-0.2, 0) is 0 Å². The van der Waals surface area contributed by atoms with Crippen molar-refractivity contribution in [1.82, 2.24) is 44.1 Å². The van der Waals surface area contributed by atoms with Crippen molar-refractivity contribution in [3.63, 3.8) is 0 Å². The maximum atomic E-state index is 4.60. The third kappa shape index (κ3) is 2.59. The molecule has 3 aromatic carbocycles.